The maximum atomic E-state index is 11.9. The molecular formula is C12H25N3O3S. The van der Waals surface area contributed by atoms with E-state index in [-0.39, 0.29) is 23.6 Å². The van der Waals surface area contributed by atoms with Gasteiger partial charge in [-0.2, -0.15) is 0 Å². The molecule has 19 heavy (non-hydrogen) atoms. The molecule has 7 heteroatoms. The van der Waals surface area contributed by atoms with E-state index in [9.17, 15) is 13.2 Å². The van der Waals surface area contributed by atoms with E-state index >= 15 is 0 Å². The number of nitrogens with two attached hydrogens (primary N) is 1. The molecule has 4 N–H and O–H groups in total. The Balaban J connectivity index is 2.37. The molecule has 1 aliphatic carbocycles. The molecule has 1 amide bonds. The van der Waals surface area contributed by atoms with E-state index in [1.54, 1.807) is 0 Å². The lowest BCUT2D eigenvalue weighted by Crippen LogP contribution is -2.40. The largest absolute Gasteiger partial charge is 0.355 e. The Kier molecular flexibility index (Phi) is 6.22. The summed E-state index contributed by atoms with van der Waals surface area (Å²) >= 11 is 0. The summed E-state index contributed by atoms with van der Waals surface area (Å²) in [4.78, 5) is 11.9. The van der Waals surface area contributed by atoms with Crippen LogP contribution in [0.3, 0.4) is 0 Å². The van der Waals surface area contributed by atoms with E-state index < -0.39 is 10.0 Å². The number of rotatable bonds is 7. The van der Waals surface area contributed by atoms with Crippen molar-refractivity contribution in [2.45, 2.75) is 38.5 Å². The summed E-state index contributed by atoms with van der Waals surface area (Å²) in [6, 6.07) is 0. The van der Waals surface area contributed by atoms with E-state index in [1.165, 1.54) is 13.5 Å². The zero-order valence-corrected chi connectivity index (χ0v) is 12.4. The molecule has 0 aromatic carbocycles. The molecule has 0 bridgehead atoms. The van der Waals surface area contributed by atoms with Gasteiger partial charge in [0, 0.05) is 13.0 Å². The highest BCUT2D eigenvalue weighted by atomic mass is 32.2. The highest BCUT2D eigenvalue weighted by molar-refractivity contribution is 7.89. The molecule has 6 nitrogen and oxygen atoms in total. The van der Waals surface area contributed by atoms with Crippen LogP contribution in [0.15, 0.2) is 0 Å². The molecule has 1 aliphatic rings. The van der Waals surface area contributed by atoms with Gasteiger partial charge in [-0.1, -0.05) is 19.3 Å². The molecule has 1 rings (SSSR count). The molecule has 0 saturated heterocycles. The highest BCUT2D eigenvalue weighted by Gasteiger charge is 2.32. The van der Waals surface area contributed by atoms with Crippen LogP contribution in [-0.2, 0) is 14.8 Å². The summed E-state index contributed by atoms with van der Waals surface area (Å²) in [6.45, 7) is 0.665. The summed E-state index contributed by atoms with van der Waals surface area (Å²) in [5.74, 6) is -0.191. The van der Waals surface area contributed by atoms with Crippen LogP contribution in [0.5, 0.6) is 0 Å². The second-order valence-electron chi connectivity index (χ2n) is 5.31. The predicted octanol–water partition coefficient (Wildman–Crippen LogP) is -0.0489. The molecule has 0 aromatic rings. The van der Waals surface area contributed by atoms with Crippen LogP contribution in [0.25, 0.3) is 0 Å². The van der Waals surface area contributed by atoms with Crippen LogP contribution in [0, 0.1) is 5.41 Å². The van der Waals surface area contributed by atoms with Crippen molar-refractivity contribution >= 4 is 15.9 Å². The van der Waals surface area contributed by atoms with Crippen LogP contribution in [0.2, 0.25) is 0 Å². The molecule has 0 spiro atoms. The van der Waals surface area contributed by atoms with E-state index in [0.717, 1.165) is 25.7 Å². The Hall–Kier alpha value is -0.660. The van der Waals surface area contributed by atoms with Crippen LogP contribution < -0.4 is 15.8 Å². The topological polar surface area (TPSA) is 101 Å². The smallest absolute Gasteiger partial charge is 0.220 e. The number of hydrogen-bond donors (Lipinski definition) is 3. The van der Waals surface area contributed by atoms with Gasteiger partial charge in [-0.15, -0.1) is 0 Å². The number of nitrogens with one attached hydrogen (secondary N) is 2. The third-order valence-electron chi connectivity index (χ3n) is 3.89. The fraction of sp³-hybridized carbons (Fsp3) is 0.917. The quantitative estimate of drug-likeness (QED) is 0.612. The summed E-state index contributed by atoms with van der Waals surface area (Å²) in [6.07, 6.45) is 5.85. The highest BCUT2D eigenvalue weighted by Crippen LogP contribution is 2.38. The van der Waals surface area contributed by atoms with Gasteiger partial charge in [-0.3, -0.25) is 4.79 Å². The van der Waals surface area contributed by atoms with E-state index in [0.29, 0.717) is 13.0 Å². The minimum absolute atomic E-state index is 0.0792. The van der Waals surface area contributed by atoms with Gasteiger partial charge < -0.3 is 11.1 Å². The first-order valence-electron chi connectivity index (χ1n) is 6.81. The fourth-order valence-corrected chi connectivity index (χ4v) is 3.16. The Morgan fingerprint density at radius 1 is 1.26 bits per heavy atom. The predicted molar refractivity (Wildman–Crippen MR) is 75.0 cm³/mol. The Morgan fingerprint density at radius 2 is 1.89 bits per heavy atom. The molecule has 0 aliphatic heterocycles. The third kappa shape index (κ3) is 5.46. The van der Waals surface area contributed by atoms with Gasteiger partial charge in [-0.25, -0.2) is 13.1 Å². The van der Waals surface area contributed by atoms with Crippen LogP contribution in [0.1, 0.15) is 38.5 Å². The lowest BCUT2D eigenvalue weighted by atomic mass is 9.72. The molecule has 0 aromatic heterocycles. The van der Waals surface area contributed by atoms with Crippen molar-refractivity contribution in [1.29, 1.82) is 0 Å². The Morgan fingerprint density at radius 3 is 2.42 bits per heavy atom. The van der Waals surface area contributed by atoms with Crippen molar-refractivity contribution in [2.75, 3.05) is 25.9 Å². The lowest BCUT2D eigenvalue weighted by Gasteiger charge is -2.35. The first-order valence-corrected chi connectivity index (χ1v) is 8.46. The van der Waals surface area contributed by atoms with Crippen molar-refractivity contribution in [3.05, 3.63) is 0 Å². The molecule has 0 atom stereocenters. The second-order valence-corrected chi connectivity index (χ2v) is 7.36. The average molecular weight is 291 g/mol. The minimum Gasteiger partial charge on any atom is -0.355 e. The van der Waals surface area contributed by atoms with E-state index in [2.05, 4.69) is 10.0 Å². The number of carbonyl (C=O) groups excluding carboxylic acids is 1. The monoisotopic (exact) mass is 291 g/mol. The van der Waals surface area contributed by atoms with E-state index in [4.69, 9.17) is 5.73 Å². The van der Waals surface area contributed by atoms with Gasteiger partial charge in [0.2, 0.25) is 15.9 Å². The van der Waals surface area contributed by atoms with Crippen molar-refractivity contribution in [3.63, 3.8) is 0 Å². The van der Waals surface area contributed by atoms with Crippen molar-refractivity contribution in [1.82, 2.24) is 10.0 Å². The Labute approximate surface area is 115 Å². The molecule has 0 radical (unpaired) electrons. The van der Waals surface area contributed by atoms with E-state index in [1.807, 2.05) is 0 Å². The summed E-state index contributed by atoms with van der Waals surface area (Å²) in [5.41, 5.74) is 5.74. The van der Waals surface area contributed by atoms with Crippen molar-refractivity contribution < 1.29 is 13.2 Å². The van der Waals surface area contributed by atoms with Gasteiger partial charge in [0.05, 0.1) is 5.75 Å². The second kappa shape index (κ2) is 7.21. The van der Waals surface area contributed by atoms with Gasteiger partial charge >= 0.3 is 0 Å². The van der Waals surface area contributed by atoms with Gasteiger partial charge in [0.1, 0.15) is 0 Å². The molecular weight excluding hydrogens is 266 g/mol. The van der Waals surface area contributed by atoms with Gasteiger partial charge in [-0.05, 0) is 31.8 Å². The lowest BCUT2D eigenvalue weighted by molar-refractivity contribution is -0.123. The average Bonchev–Trinajstić information content (AvgIpc) is 2.39. The molecule has 0 heterocycles. The number of amides is 1. The standard InChI is InChI=1S/C12H25N3O3S/c1-14-19(17,18)8-7-15-11(16)9-12(10-13)5-3-2-4-6-12/h14H,2-10,13H2,1H3,(H,15,16). The molecule has 1 fully saturated rings. The number of sulfonamides is 1. The van der Waals surface area contributed by atoms with Crippen LogP contribution >= 0.6 is 0 Å². The van der Waals surface area contributed by atoms with Crippen LogP contribution in [0.4, 0.5) is 0 Å². The van der Waals surface area contributed by atoms with Crippen molar-refractivity contribution in [2.24, 2.45) is 11.1 Å². The summed E-state index contributed by atoms with van der Waals surface area (Å²) in [7, 11) is -1.89. The first-order chi connectivity index (χ1) is 8.93. The SMILES string of the molecule is CNS(=O)(=O)CCNC(=O)CC1(CN)CCCCC1. The zero-order valence-electron chi connectivity index (χ0n) is 11.6. The van der Waals surface area contributed by atoms with Crippen LogP contribution in [-0.4, -0.2) is 40.2 Å². The molecule has 112 valence electrons. The Bertz CT molecular complexity index is 389. The minimum atomic E-state index is -3.26. The summed E-state index contributed by atoms with van der Waals surface area (Å²) in [5, 5.41) is 2.67. The maximum Gasteiger partial charge on any atom is 0.220 e. The normalized spacial score (nSPS) is 19.1. The third-order valence-corrected chi connectivity index (χ3v) is 5.25. The fourth-order valence-electron chi connectivity index (χ4n) is 2.58. The number of hydrogen-bond acceptors (Lipinski definition) is 4. The van der Waals surface area contributed by atoms with Crippen molar-refractivity contribution in [3.8, 4) is 0 Å². The van der Waals surface area contributed by atoms with Gasteiger partial charge in [0.25, 0.3) is 0 Å². The summed E-state index contributed by atoms with van der Waals surface area (Å²) < 4.78 is 24.6. The molecule has 1 saturated carbocycles. The molecule has 0 unspecified atom stereocenters. The first kappa shape index (κ1) is 16.4. The van der Waals surface area contributed by atoms with Gasteiger partial charge in [0.15, 0.2) is 0 Å². The maximum absolute atomic E-state index is 11.9. The number of carbonyl (C=O) groups is 1. The zero-order chi connectivity index (χ0) is 14.4.